The Morgan fingerprint density at radius 3 is 2.94 bits per heavy atom. The number of aromatic nitrogens is 4. The van der Waals surface area contributed by atoms with E-state index in [0.29, 0.717) is 11.5 Å². The fraction of sp³-hybridized carbons (Fsp3) is 0. The first-order valence-corrected chi connectivity index (χ1v) is 5.75. The molecule has 17 heavy (non-hydrogen) atoms. The number of hydrogen-bond acceptors (Lipinski definition) is 4. The van der Waals surface area contributed by atoms with E-state index in [9.17, 15) is 0 Å². The summed E-state index contributed by atoms with van der Waals surface area (Å²) in [6, 6.07) is 5.55. The minimum atomic E-state index is 0.470. The van der Waals surface area contributed by atoms with Crippen LogP contribution in [0.1, 0.15) is 0 Å². The summed E-state index contributed by atoms with van der Waals surface area (Å²) in [5.41, 5.74) is 8.09. The molecule has 0 radical (unpaired) electrons. The molecule has 0 atom stereocenters. The third-order valence-electron chi connectivity index (χ3n) is 2.36. The Bertz CT molecular complexity index is 691. The molecule has 6 heteroatoms. The van der Waals surface area contributed by atoms with E-state index in [1.165, 1.54) is 0 Å². The van der Waals surface area contributed by atoms with E-state index in [1.54, 1.807) is 18.5 Å². The molecule has 84 valence electrons. The predicted octanol–water partition coefficient (Wildman–Crippen LogP) is 2.36. The molecular weight excluding hydrogens is 282 g/mol. The predicted molar refractivity (Wildman–Crippen MR) is 69.2 cm³/mol. The van der Waals surface area contributed by atoms with Crippen molar-refractivity contribution < 1.29 is 0 Å². The average Bonchev–Trinajstić information content (AvgIpc) is 2.72. The molecule has 3 aromatic heterocycles. The zero-order valence-corrected chi connectivity index (χ0v) is 10.3. The third-order valence-corrected chi connectivity index (χ3v) is 2.79. The Kier molecular flexibility index (Phi) is 2.29. The standard InChI is InChI=1S/C11H8BrN5/c12-7-4-8-11(15-5-7)17-10(16-8)6-1-2-14-9(13)3-6/h1-5H,(H2,13,14)(H,15,16,17). The lowest BCUT2D eigenvalue weighted by Gasteiger charge is -1.96. The molecule has 0 aliphatic carbocycles. The minimum Gasteiger partial charge on any atom is -0.384 e. The lowest BCUT2D eigenvalue weighted by atomic mass is 10.2. The van der Waals surface area contributed by atoms with Gasteiger partial charge in [-0.2, -0.15) is 0 Å². The van der Waals surface area contributed by atoms with E-state index in [1.807, 2.05) is 12.1 Å². The van der Waals surface area contributed by atoms with Crippen LogP contribution in [0, 0.1) is 0 Å². The average molecular weight is 290 g/mol. The summed E-state index contributed by atoms with van der Waals surface area (Å²) in [6.07, 6.45) is 3.37. The molecule has 5 nitrogen and oxygen atoms in total. The number of nitrogens with zero attached hydrogens (tertiary/aromatic N) is 3. The summed E-state index contributed by atoms with van der Waals surface area (Å²) in [4.78, 5) is 15.7. The summed E-state index contributed by atoms with van der Waals surface area (Å²) in [7, 11) is 0. The van der Waals surface area contributed by atoms with Crippen molar-refractivity contribution in [1.29, 1.82) is 0 Å². The molecule has 0 aromatic carbocycles. The van der Waals surface area contributed by atoms with Crippen molar-refractivity contribution in [2.24, 2.45) is 0 Å². The minimum absolute atomic E-state index is 0.470. The number of H-pyrrole nitrogens is 1. The second kappa shape index (κ2) is 3.81. The molecule has 3 N–H and O–H groups in total. The third kappa shape index (κ3) is 1.87. The largest absolute Gasteiger partial charge is 0.384 e. The molecule has 3 heterocycles. The van der Waals surface area contributed by atoms with E-state index < -0.39 is 0 Å². The Labute approximate surface area is 105 Å². The summed E-state index contributed by atoms with van der Waals surface area (Å²) >= 11 is 3.37. The number of fused-ring (bicyclic) bond motifs is 1. The number of hydrogen-bond donors (Lipinski definition) is 2. The maximum absolute atomic E-state index is 5.64. The number of anilines is 1. The fourth-order valence-electron chi connectivity index (χ4n) is 1.61. The van der Waals surface area contributed by atoms with Crippen LogP contribution in [0.3, 0.4) is 0 Å². The second-order valence-electron chi connectivity index (χ2n) is 3.58. The SMILES string of the molecule is Nc1cc(-c2nc3ncc(Br)cc3[nH]2)ccn1. The van der Waals surface area contributed by atoms with Crippen LogP contribution < -0.4 is 5.73 Å². The number of nitrogens with one attached hydrogen (secondary N) is 1. The maximum Gasteiger partial charge on any atom is 0.178 e. The number of imidazole rings is 1. The highest BCUT2D eigenvalue weighted by molar-refractivity contribution is 9.10. The van der Waals surface area contributed by atoms with Crippen molar-refractivity contribution in [2.45, 2.75) is 0 Å². The van der Waals surface area contributed by atoms with Gasteiger partial charge < -0.3 is 10.7 Å². The van der Waals surface area contributed by atoms with Crippen molar-refractivity contribution in [3.63, 3.8) is 0 Å². The molecule has 0 fully saturated rings. The number of nitrogen functional groups attached to an aromatic ring is 1. The lowest BCUT2D eigenvalue weighted by Crippen LogP contribution is -1.90. The first kappa shape index (κ1) is 10.2. The van der Waals surface area contributed by atoms with Crippen molar-refractivity contribution in [3.05, 3.63) is 35.1 Å². The van der Waals surface area contributed by atoms with Gasteiger partial charge in [-0.25, -0.2) is 15.0 Å². The Morgan fingerprint density at radius 1 is 1.24 bits per heavy atom. The molecule has 3 rings (SSSR count). The monoisotopic (exact) mass is 289 g/mol. The van der Waals surface area contributed by atoms with Gasteiger partial charge in [0.25, 0.3) is 0 Å². The van der Waals surface area contributed by atoms with Crippen molar-refractivity contribution in [2.75, 3.05) is 5.73 Å². The van der Waals surface area contributed by atoms with Crippen LogP contribution in [-0.4, -0.2) is 19.9 Å². The van der Waals surface area contributed by atoms with Crippen LogP contribution in [0.25, 0.3) is 22.6 Å². The van der Waals surface area contributed by atoms with Gasteiger partial charge in [0.05, 0.1) is 5.52 Å². The molecule has 0 unspecified atom stereocenters. The molecule has 3 aromatic rings. The fourth-order valence-corrected chi connectivity index (χ4v) is 1.94. The normalized spacial score (nSPS) is 10.9. The van der Waals surface area contributed by atoms with Crippen LogP contribution in [0.15, 0.2) is 35.1 Å². The van der Waals surface area contributed by atoms with Gasteiger partial charge in [-0.15, -0.1) is 0 Å². The topological polar surface area (TPSA) is 80.5 Å². The molecule has 0 spiro atoms. The van der Waals surface area contributed by atoms with Gasteiger partial charge >= 0.3 is 0 Å². The first-order chi connectivity index (χ1) is 8.22. The highest BCUT2D eigenvalue weighted by atomic mass is 79.9. The molecule has 0 aliphatic rings. The smallest absolute Gasteiger partial charge is 0.178 e. The number of pyridine rings is 2. The number of aromatic amines is 1. The van der Waals surface area contributed by atoms with Gasteiger partial charge in [-0.05, 0) is 34.1 Å². The summed E-state index contributed by atoms with van der Waals surface area (Å²) in [5.74, 6) is 1.21. The quantitative estimate of drug-likeness (QED) is 0.721. The van der Waals surface area contributed by atoms with E-state index in [0.717, 1.165) is 21.4 Å². The van der Waals surface area contributed by atoms with E-state index in [2.05, 4.69) is 35.9 Å². The summed E-state index contributed by atoms with van der Waals surface area (Å²) < 4.78 is 0.912. The zero-order valence-electron chi connectivity index (χ0n) is 8.68. The number of halogens is 1. The maximum atomic E-state index is 5.64. The first-order valence-electron chi connectivity index (χ1n) is 4.95. The van der Waals surface area contributed by atoms with Gasteiger partial charge in [-0.1, -0.05) is 0 Å². The highest BCUT2D eigenvalue weighted by Crippen LogP contribution is 2.21. The van der Waals surface area contributed by atoms with Crippen LogP contribution in [0.2, 0.25) is 0 Å². The molecule has 0 saturated heterocycles. The van der Waals surface area contributed by atoms with Crippen LogP contribution in [0.4, 0.5) is 5.82 Å². The highest BCUT2D eigenvalue weighted by Gasteiger charge is 2.06. The van der Waals surface area contributed by atoms with Gasteiger partial charge in [0.15, 0.2) is 5.65 Å². The van der Waals surface area contributed by atoms with E-state index >= 15 is 0 Å². The molecule has 0 aliphatic heterocycles. The van der Waals surface area contributed by atoms with Crippen LogP contribution in [-0.2, 0) is 0 Å². The lowest BCUT2D eigenvalue weighted by molar-refractivity contribution is 1.27. The molecule has 0 bridgehead atoms. The van der Waals surface area contributed by atoms with E-state index in [4.69, 9.17) is 5.73 Å². The molecule has 0 amide bonds. The van der Waals surface area contributed by atoms with Gasteiger partial charge in [-0.3, -0.25) is 0 Å². The van der Waals surface area contributed by atoms with E-state index in [-0.39, 0.29) is 0 Å². The Balaban J connectivity index is 2.18. The van der Waals surface area contributed by atoms with Crippen LogP contribution in [0.5, 0.6) is 0 Å². The Hall–Kier alpha value is -1.95. The number of rotatable bonds is 1. The van der Waals surface area contributed by atoms with Gasteiger partial charge in [0.2, 0.25) is 0 Å². The van der Waals surface area contributed by atoms with Gasteiger partial charge in [0.1, 0.15) is 11.6 Å². The zero-order chi connectivity index (χ0) is 11.8. The van der Waals surface area contributed by atoms with Crippen molar-refractivity contribution in [1.82, 2.24) is 19.9 Å². The summed E-state index contributed by atoms with van der Waals surface area (Å²) in [5, 5.41) is 0. The Morgan fingerprint density at radius 2 is 2.12 bits per heavy atom. The molecule has 0 saturated carbocycles. The second-order valence-corrected chi connectivity index (χ2v) is 4.50. The van der Waals surface area contributed by atoms with Crippen molar-refractivity contribution in [3.8, 4) is 11.4 Å². The molecular formula is C11H8BrN5. The summed E-state index contributed by atoms with van der Waals surface area (Å²) in [6.45, 7) is 0. The van der Waals surface area contributed by atoms with Crippen molar-refractivity contribution >= 4 is 32.9 Å². The van der Waals surface area contributed by atoms with Gasteiger partial charge in [0, 0.05) is 22.4 Å². The number of nitrogens with two attached hydrogens (primary N) is 1. The van der Waals surface area contributed by atoms with Crippen LogP contribution >= 0.6 is 15.9 Å².